The van der Waals surface area contributed by atoms with Crippen LogP contribution in [0.25, 0.3) is 0 Å². The molecular formula is C20H32N4O3. The van der Waals surface area contributed by atoms with E-state index in [0.717, 1.165) is 42.8 Å². The third-order valence-corrected chi connectivity index (χ3v) is 4.55. The smallest absolute Gasteiger partial charge is 0.241 e. The SMILES string of the molecule is CN=C(NCC(=O)N1CCCCC1)NCc1ccc(C)cc1OCCOC. The van der Waals surface area contributed by atoms with Gasteiger partial charge in [0.15, 0.2) is 5.96 Å². The molecule has 0 bridgehead atoms. The molecule has 1 aliphatic rings. The van der Waals surface area contributed by atoms with Gasteiger partial charge >= 0.3 is 0 Å². The fourth-order valence-corrected chi connectivity index (χ4v) is 2.99. The van der Waals surface area contributed by atoms with Crippen molar-refractivity contribution in [3.8, 4) is 5.75 Å². The molecule has 1 fully saturated rings. The minimum Gasteiger partial charge on any atom is -0.491 e. The minimum absolute atomic E-state index is 0.122. The van der Waals surface area contributed by atoms with Crippen LogP contribution in [0.15, 0.2) is 23.2 Å². The number of aryl methyl sites for hydroxylation is 1. The Morgan fingerprint density at radius 2 is 1.96 bits per heavy atom. The average Bonchev–Trinajstić information content (AvgIpc) is 2.70. The summed E-state index contributed by atoms with van der Waals surface area (Å²) in [5, 5.41) is 6.36. The highest BCUT2D eigenvalue weighted by Gasteiger charge is 2.16. The molecule has 7 heteroatoms. The summed E-state index contributed by atoms with van der Waals surface area (Å²) < 4.78 is 10.9. The van der Waals surface area contributed by atoms with Crippen LogP contribution in [0.5, 0.6) is 5.75 Å². The number of nitrogens with one attached hydrogen (secondary N) is 2. The van der Waals surface area contributed by atoms with Gasteiger partial charge in [-0.05, 0) is 37.8 Å². The van der Waals surface area contributed by atoms with Crippen molar-refractivity contribution in [2.75, 3.05) is 47.0 Å². The zero-order chi connectivity index (χ0) is 19.5. The Bertz CT molecular complexity index is 628. The van der Waals surface area contributed by atoms with Crippen molar-refractivity contribution in [3.05, 3.63) is 29.3 Å². The second-order valence-corrected chi connectivity index (χ2v) is 6.67. The van der Waals surface area contributed by atoms with E-state index in [1.54, 1.807) is 14.2 Å². The number of ether oxygens (including phenoxy) is 2. The lowest BCUT2D eigenvalue weighted by atomic mass is 10.1. The molecular weight excluding hydrogens is 344 g/mol. The monoisotopic (exact) mass is 376 g/mol. The van der Waals surface area contributed by atoms with E-state index in [0.29, 0.717) is 25.7 Å². The van der Waals surface area contributed by atoms with Crippen molar-refractivity contribution < 1.29 is 14.3 Å². The Labute approximate surface area is 162 Å². The molecule has 2 rings (SSSR count). The van der Waals surface area contributed by atoms with Crippen molar-refractivity contribution >= 4 is 11.9 Å². The van der Waals surface area contributed by atoms with Crippen LogP contribution in [0.1, 0.15) is 30.4 Å². The zero-order valence-electron chi connectivity index (χ0n) is 16.7. The van der Waals surface area contributed by atoms with Gasteiger partial charge in [0.2, 0.25) is 5.91 Å². The van der Waals surface area contributed by atoms with Crippen LogP contribution >= 0.6 is 0 Å². The topological polar surface area (TPSA) is 75.2 Å². The maximum Gasteiger partial charge on any atom is 0.241 e. The van der Waals surface area contributed by atoms with E-state index in [1.165, 1.54) is 6.42 Å². The third kappa shape index (κ3) is 7.09. The number of nitrogens with zero attached hydrogens (tertiary/aromatic N) is 2. The summed E-state index contributed by atoms with van der Waals surface area (Å²) in [6.45, 7) is 5.61. The summed E-state index contributed by atoms with van der Waals surface area (Å²) in [4.78, 5) is 18.4. The van der Waals surface area contributed by atoms with Gasteiger partial charge in [-0.2, -0.15) is 0 Å². The first-order valence-corrected chi connectivity index (χ1v) is 9.57. The molecule has 0 unspecified atom stereocenters. The van der Waals surface area contributed by atoms with Crippen LogP contribution in [0.2, 0.25) is 0 Å². The normalized spacial score (nSPS) is 14.8. The number of carbonyl (C=O) groups excluding carboxylic acids is 1. The largest absolute Gasteiger partial charge is 0.491 e. The van der Waals surface area contributed by atoms with Crippen molar-refractivity contribution in [3.63, 3.8) is 0 Å². The summed E-state index contributed by atoms with van der Waals surface area (Å²) in [6.07, 6.45) is 3.40. The van der Waals surface area contributed by atoms with Gasteiger partial charge in [0.05, 0.1) is 13.2 Å². The van der Waals surface area contributed by atoms with E-state index in [1.807, 2.05) is 24.0 Å². The van der Waals surface area contributed by atoms with Crippen LogP contribution < -0.4 is 15.4 Å². The Kier molecular flexibility index (Phi) is 8.91. The van der Waals surface area contributed by atoms with Gasteiger partial charge in [-0.15, -0.1) is 0 Å². The Morgan fingerprint density at radius 3 is 2.67 bits per heavy atom. The first-order valence-electron chi connectivity index (χ1n) is 9.57. The predicted octanol–water partition coefficient (Wildman–Crippen LogP) is 1.70. The van der Waals surface area contributed by atoms with Gasteiger partial charge < -0.3 is 25.0 Å². The lowest BCUT2D eigenvalue weighted by molar-refractivity contribution is -0.130. The number of likely N-dealkylation sites (tertiary alicyclic amines) is 1. The number of benzene rings is 1. The van der Waals surface area contributed by atoms with E-state index in [4.69, 9.17) is 9.47 Å². The first-order chi connectivity index (χ1) is 13.1. The molecule has 0 spiro atoms. The molecule has 0 aromatic heterocycles. The highest BCUT2D eigenvalue weighted by molar-refractivity contribution is 5.86. The second-order valence-electron chi connectivity index (χ2n) is 6.67. The van der Waals surface area contributed by atoms with Crippen LogP contribution in [0.4, 0.5) is 0 Å². The second kappa shape index (κ2) is 11.4. The number of hydrogen-bond donors (Lipinski definition) is 2. The summed E-state index contributed by atoms with van der Waals surface area (Å²) in [5.41, 5.74) is 2.17. The average molecular weight is 377 g/mol. The van der Waals surface area contributed by atoms with E-state index >= 15 is 0 Å². The number of rotatable bonds is 8. The van der Waals surface area contributed by atoms with Gasteiger partial charge in [-0.3, -0.25) is 9.79 Å². The molecule has 27 heavy (non-hydrogen) atoms. The summed E-state index contributed by atoms with van der Waals surface area (Å²) >= 11 is 0. The fourth-order valence-electron chi connectivity index (χ4n) is 2.99. The summed E-state index contributed by atoms with van der Waals surface area (Å²) in [7, 11) is 3.36. The Hall–Kier alpha value is -2.28. The standard InChI is InChI=1S/C20H32N4O3/c1-16-7-8-17(18(13-16)27-12-11-26-3)14-22-20(21-2)23-15-19(25)24-9-5-4-6-10-24/h7-8,13H,4-6,9-12,14-15H2,1-3H3,(H2,21,22,23). The van der Waals surface area contributed by atoms with Gasteiger partial charge in [-0.25, -0.2) is 0 Å². The number of guanidine groups is 1. The van der Waals surface area contributed by atoms with E-state index in [-0.39, 0.29) is 12.5 Å². The van der Waals surface area contributed by atoms with Crippen molar-refractivity contribution in [2.24, 2.45) is 4.99 Å². The number of piperidine rings is 1. The van der Waals surface area contributed by atoms with Gasteiger partial charge in [0, 0.05) is 39.4 Å². The molecule has 1 heterocycles. The molecule has 150 valence electrons. The van der Waals surface area contributed by atoms with Gasteiger partial charge in [0.25, 0.3) is 0 Å². The van der Waals surface area contributed by atoms with Crippen molar-refractivity contribution in [2.45, 2.75) is 32.7 Å². The Balaban J connectivity index is 1.85. The maximum absolute atomic E-state index is 12.3. The molecule has 0 atom stereocenters. The van der Waals surface area contributed by atoms with Crippen LogP contribution in [-0.2, 0) is 16.1 Å². The molecule has 1 aromatic rings. The number of methoxy groups -OCH3 is 1. The number of carbonyl (C=O) groups is 1. The van der Waals surface area contributed by atoms with Crippen molar-refractivity contribution in [1.82, 2.24) is 15.5 Å². The molecule has 0 radical (unpaired) electrons. The minimum atomic E-state index is 0.122. The Morgan fingerprint density at radius 1 is 1.19 bits per heavy atom. The zero-order valence-corrected chi connectivity index (χ0v) is 16.7. The van der Waals surface area contributed by atoms with Crippen LogP contribution in [0.3, 0.4) is 0 Å². The van der Waals surface area contributed by atoms with Gasteiger partial charge in [0.1, 0.15) is 12.4 Å². The van der Waals surface area contributed by atoms with E-state index in [2.05, 4.69) is 21.7 Å². The van der Waals surface area contributed by atoms with Crippen LogP contribution in [-0.4, -0.2) is 63.8 Å². The third-order valence-electron chi connectivity index (χ3n) is 4.55. The fraction of sp³-hybridized carbons (Fsp3) is 0.600. The molecule has 0 saturated carbocycles. The van der Waals surface area contributed by atoms with Crippen LogP contribution in [0, 0.1) is 6.92 Å². The van der Waals surface area contributed by atoms with E-state index in [9.17, 15) is 4.79 Å². The maximum atomic E-state index is 12.3. The molecule has 1 aromatic carbocycles. The summed E-state index contributed by atoms with van der Waals surface area (Å²) in [6, 6.07) is 6.11. The first kappa shape index (κ1) is 21.0. The summed E-state index contributed by atoms with van der Waals surface area (Å²) in [5.74, 6) is 1.56. The highest BCUT2D eigenvalue weighted by Crippen LogP contribution is 2.20. The molecule has 1 aliphatic heterocycles. The quantitative estimate of drug-likeness (QED) is 0.410. The number of amides is 1. The van der Waals surface area contributed by atoms with E-state index < -0.39 is 0 Å². The highest BCUT2D eigenvalue weighted by atomic mass is 16.5. The lowest BCUT2D eigenvalue weighted by Gasteiger charge is -2.27. The molecule has 7 nitrogen and oxygen atoms in total. The number of aliphatic imine (C=N–C) groups is 1. The van der Waals surface area contributed by atoms with Crippen molar-refractivity contribution in [1.29, 1.82) is 0 Å². The molecule has 1 amide bonds. The van der Waals surface area contributed by atoms with Gasteiger partial charge in [-0.1, -0.05) is 12.1 Å². The number of hydrogen-bond acceptors (Lipinski definition) is 4. The lowest BCUT2D eigenvalue weighted by Crippen LogP contribution is -2.45. The molecule has 1 saturated heterocycles. The predicted molar refractivity (Wildman–Crippen MR) is 107 cm³/mol. The molecule has 0 aliphatic carbocycles. The molecule has 2 N–H and O–H groups in total.